The summed E-state index contributed by atoms with van der Waals surface area (Å²) in [5.41, 5.74) is 0.986. The second kappa shape index (κ2) is 5.22. The van der Waals surface area contributed by atoms with E-state index in [2.05, 4.69) is 16.6 Å². The summed E-state index contributed by atoms with van der Waals surface area (Å²) >= 11 is 1.78. The molecule has 0 fully saturated rings. The molecule has 1 aliphatic rings. The smallest absolute Gasteiger partial charge is 0.163 e. The molecular weight excluding hydrogens is 172 g/mol. The highest BCUT2D eigenvalue weighted by atomic mass is 32.2. The van der Waals surface area contributed by atoms with Crippen LogP contribution in [-0.4, -0.2) is 31.1 Å². The molecule has 0 saturated carbocycles. The highest BCUT2D eigenvalue weighted by molar-refractivity contribution is 7.98. The molecule has 1 aliphatic heterocycles. The third-order valence-corrected chi connectivity index (χ3v) is 2.03. The molecule has 0 saturated heterocycles. The van der Waals surface area contributed by atoms with Gasteiger partial charge in [-0.15, -0.1) is 0 Å². The van der Waals surface area contributed by atoms with Crippen LogP contribution in [0.4, 0.5) is 0 Å². The Morgan fingerprint density at radius 1 is 1.75 bits per heavy atom. The first-order valence-corrected chi connectivity index (χ1v) is 5.30. The van der Waals surface area contributed by atoms with Crippen LogP contribution in [0, 0.1) is 0 Å². The van der Waals surface area contributed by atoms with E-state index in [4.69, 9.17) is 4.74 Å². The highest BCUT2D eigenvalue weighted by Gasteiger charge is 2.05. The van der Waals surface area contributed by atoms with E-state index in [1.165, 1.54) is 0 Å². The predicted molar refractivity (Wildman–Crippen MR) is 53.5 cm³/mol. The lowest BCUT2D eigenvalue weighted by Crippen LogP contribution is -2.32. The number of hydrogen-bond donors (Lipinski definition) is 1. The molecule has 4 heteroatoms. The van der Waals surface area contributed by atoms with Gasteiger partial charge in [0.15, 0.2) is 6.23 Å². The van der Waals surface area contributed by atoms with Gasteiger partial charge in [-0.2, -0.15) is 11.8 Å². The Hall–Kier alpha value is -0.480. The maximum atomic E-state index is 5.45. The minimum atomic E-state index is -0.0409. The molecular formula is C8H14N2OS. The van der Waals surface area contributed by atoms with E-state index < -0.39 is 0 Å². The molecule has 0 spiro atoms. The Bertz CT molecular complexity index is 191. The molecule has 0 aromatic carbocycles. The van der Waals surface area contributed by atoms with Crippen LogP contribution >= 0.6 is 11.8 Å². The largest absolute Gasteiger partial charge is 0.360 e. The fraction of sp³-hybridized carbons (Fsp3) is 0.625. The number of aliphatic imine (C=N–C) groups is 1. The van der Waals surface area contributed by atoms with Gasteiger partial charge < -0.3 is 10.1 Å². The minimum Gasteiger partial charge on any atom is -0.360 e. The molecule has 0 aromatic heterocycles. The summed E-state index contributed by atoms with van der Waals surface area (Å²) in [5, 5.41) is 3.08. The average Bonchev–Trinajstić information content (AvgIpc) is 2.09. The maximum Gasteiger partial charge on any atom is 0.163 e. The molecule has 1 rings (SSSR count). The van der Waals surface area contributed by atoms with E-state index in [9.17, 15) is 0 Å². The Morgan fingerprint density at radius 3 is 3.17 bits per heavy atom. The molecule has 0 amide bonds. The Morgan fingerprint density at radius 2 is 2.58 bits per heavy atom. The average molecular weight is 186 g/mol. The quantitative estimate of drug-likeness (QED) is 0.670. The number of ether oxygens (including phenoxy) is 1. The Balaban J connectivity index is 2.16. The van der Waals surface area contributed by atoms with E-state index in [0.29, 0.717) is 0 Å². The van der Waals surface area contributed by atoms with E-state index in [0.717, 1.165) is 18.1 Å². The molecule has 0 bridgehead atoms. The van der Waals surface area contributed by atoms with Crippen molar-refractivity contribution in [1.29, 1.82) is 0 Å². The van der Waals surface area contributed by atoms with Crippen molar-refractivity contribution in [3.05, 3.63) is 11.9 Å². The molecule has 1 heterocycles. The molecule has 1 N–H and O–H groups in total. The van der Waals surface area contributed by atoms with Crippen molar-refractivity contribution in [2.75, 3.05) is 18.6 Å². The van der Waals surface area contributed by atoms with Gasteiger partial charge >= 0.3 is 0 Å². The number of hydrogen-bond acceptors (Lipinski definition) is 4. The number of nitrogens with zero attached hydrogens (tertiary/aromatic N) is 1. The van der Waals surface area contributed by atoms with Crippen molar-refractivity contribution in [2.24, 2.45) is 4.99 Å². The van der Waals surface area contributed by atoms with Crippen molar-refractivity contribution in [3.8, 4) is 0 Å². The zero-order chi connectivity index (χ0) is 8.81. The normalized spacial score (nSPS) is 21.8. The topological polar surface area (TPSA) is 33.6 Å². The molecule has 0 aliphatic carbocycles. The van der Waals surface area contributed by atoms with Crippen molar-refractivity contribution in [1.82, 2.24) is 5.32 Å². The Labute approximate surface area is 77.3 Å². The highest BCUT2D eigenvalue weighted by Crippen LogP contribution is 2.00. The van der Waals surface area contributed by atoms with Gasteiger partial charge in [0.1, 0.15) is 0 Å². The van der Waals surface area contributed by atoms with Crippen LogP contribution in [0.15, 0.2) is 16.9 Å². The summed E-state index contributed by atoms with van der Waals surface area (Å²) in [6.45, 7) is 2.71. The van der Waals surface area contributed by atoms with Crippen LogP contribution in [0.25, 0.3) is 0 Å². The molecule has 3 nitrogen and oxygen atoms in total. The van der Waals surface area contributed by atoms with Gasteiger partial charge in [0.2, 0.25) is 0 Å². The Kier molecular flexibility index (Phi) is 4.18. The third-order valence-electron chi connectivity index (χ3n) is 1.45. The van der Waals surface area contributed by atoms with Crippen LogP contribution in [-0.2, 0) is 4.74 Å². The molecule has 0 radical (unpaired) electrons. The van der Waals surface area contributed by atoms with E-state index >= 15 is 0 Å². The summed E-state index contributed by atoms with van der Waals surface area (Å²) in [7, 11) is 0. The summed E-state index contributed by atoms with van der Waals surface area (Å²) in [4.78, 5) is 4.13. The number of rotatable bonds is 4. The van der Waals surface area contributed by atoms with E-state index in [1.807, 2.05) is 13.1 Å². The van der Waals surface area contributed by atoms with E-state index in [-0.39, 0.29) is 6.23 Å². The van der Waals surface area contributed by atoms with Gasteiger partial charge in [-0.1, -0.05) is 0 Å². The molecule has 1 atom stereocenters. The van der Waals surface area contributed by atoms with Crippen LogP contribution in [0.1, 0.15) is 6.92 Å². The molecule has 12 heavy (non-hydrogen) atoms. The van der Waals surface area contributed by atoms with Crippen LogP contribution in [0.2, 0.25) is 0 Å². The van der Waals surface area contributed by atoms with Gasteiger partial charge in [0.05, 0.1) is 18.5 Å². The fourth-order valence-corrected chi connectivity index (χ4v) is 1.08. The second-order valence-electron chi connectivity index (χ2n) is 2.51. The number of nitrogens with one attached hydrogen (secondary N) is 1. The monoisotopic (exact) mass is 186 g/mol. The van der Waals surface area contributed by atoms with Gasteiger partial charge in [0.25, 0.3) is 0 Å². The van der Waals surface area contributed by atoms with Gasteiger partial charge in [-0.25, -0.2) is 0 Å². The van der Waals surface area contributed by atoms with E-state index in [1.54, 1.807) is 18.0 Å². The van der Waals surface area contributed by atoms with Crippen molar-refractivity contribution < 1.29 is 4.74 Å². The lowest BCUT2D eigenvalue weighted by molar-refractivity contribution is 0.1000. The summed E-state index contributed by atoms with van der Waals surface area (Å²) < 4.78 is 5.45. The zero-order valence-electron chi connectivity index (χ0n) is 7.41. The minimum absolute atomic E-state index is 0.0409. The first-order chi connectivity index (χ1) is 5.83. The summed E-state index contributed by atoms with van der Waals surface area (Å²) in [6, 6.07) is 0. The number of thioether (sulfide) groups is 1. The van der Waals surface area contributed by atoms with Crippen LogP contribution in [0.5, 0.6) is 0 Å². The number of allylic oxidation sites excluding steroid dienone is 1. The second-order valence-corrected chi connectivity index (χ2v) is 3.50. The molecule has 68 valence electrons. The van der Waals surface area contributed by atoms with Gasteiger partial charge in [0, 0.05) is 12.0 Å². The van der Waals surface area contributed by atoms with Crippen LogP contribution in [0.3, 0.4) is 0 Å². The fourth-order valence-electron chi connectivity index (χ4n) is 0.818. The van der Waals surface area contributed by atoms with Gasteiger partial charge in [-0.05, 0) is 13.2 Å². The van der Waals surface area contributed by atoms with Gasteiger partial charge in [-0.3, -0.25) is 4.99 Å². The standard InChI is InChI=1S/C8H14N2OS/c1-7-5-10-8(6-9-7)11-3-4-12-2/h5-6,8,10H,3-4H2,1-2H3. The first-order valence-electron chi connectivity index (χ1n) is 3.90. The molecule has 0 aromatic rings. The summed E-state index contributed by atoms with van der Waals surface area (Å²) in [5.74, 6) is 1.02. The van der Waals surface area contributed by atoms with Crippen LogP contribution < -0.4 is 5.32 Å². The lowest BCUT2D eigenvalue weighted by atomic mass is 10.4. The van der Waals surface area contributed by atoms with Crippen molar-refractivity contribution in [3.63, 3.8) is 0 Å². The predicted octanol–water partition coefficient (Wildman–Crippen LogP) is 1.23. The van der Waals surface area contributed by atoms with Crippen molar-refractivity contribution >= 4 is 18.0 Å². The maximum absolute atomic E-state index is 5.45. The first kappa shape index (κ1) is 9.61. The lowest BCUT2D eigenvalue weighted by Gasteiger charge is -2.16. The SMILES string of the molecule is CSCCOC1C=NC(C)=CN1. The molecule has 1 unspecified atom stereocenters. The van der Waals surface area contributed by atoms with Crippen molar-refractivity contribution in [2.45, 2.75) is 13.2 Å². The third kappa shape index (κ3) is 3.28. The zero-order valence-corrected chi connectivity index (χ0v) is 8.23. The summed E-state index contributed by atoms with van der Waals surface area (Å²) in [6.07, 6.45) is 5.68.